The first kappa shape index (κ1) is 18.8. The van der Waals surface area contributed by atoms with Gasteiger partial charge < -0.3 is 10.2 Å². The van der Waals surface area contributed by atoms with Crippen LogP contribution in [0.5, 0.6) is 0 Å². The Morgan fingerprint density at radius 1 is 1.11 bits per heavy atom. The number of rotatable bonds is 6. The summed E-state index contributed by atoms with van der Waals surface area (Å²) in [4.78, 5) is 27.0. The number of carbonyl (C=O) groups is 1. The fraction of sp³-hybridized carbons (Fsp3) is 0.350. The molecule has 0 radical (unpaired) electrons. The van der Waals surface area contributed by atoms with Crippen LogP contribution in [0.1, 0.15) is 11.1 Å². The van der Waals surface area contributed by atoms with Crippen molar-refractivity contribution in [2.24, 2.45) is 0 Å². The molecule has 3 rings (SSSR count). The van der Waals surface area contributed by atoms with Gasteiger partial charge in [-0.05, 0) is 24.1 Å². The lowest BCUT2D eigenvalue weighted by Gasteiger charge is -2.35. The number of carbonyl (C=O) groups excluding carboxylic acids is 1. The molecule has 1 N–H and O–H groups in total. The topological polar surface area (TPSA) is 78.7 Å². The zero-order valence-corrected chi connectivity index (χ0v) is 15.4. The number of amides is 1. The molecule has 0 atom stereocenters. The number of anilines is 1. The van der Waals surface area contributed by atoms with Crippen LogP contribution in [0.15, 0.2) is 48.5 Å². The summed E-state index contributed by atoms with van der Waals surface area (Å²) in [6, 6.07) is 14.6. The first-order valence-corrected chi connectivity index (χ1v) is 9.06. The lowest BCUT2D eigenvalue weighted by Crippen LogP contribution is -2.49. The molecule has 1 aliphatic heterocycles. The fourth-order valence-corrected chi connectivity index (χ4v) is 3.20. The smallest absolute Gasteiger partial charge is 0.271 e. The lowest BCUT2D eigenvalue weighted by molar-refractivity contribution is -0.384. The molecule has 7 heteroatoms. The number of nitro groups is 1. The zero-order valence-electron chi connectivity index (χ0n) is 15.4. The Labute approximate surface area is 158 Å². The molecule has 7 nitrogen and oxygen atoms in total. The minimum Gasteiger partial charge on any atom is -0.376 e. The Hall–Kier alpha value is -2.93. The molecule has 0 saturated carbocycles. The number of piperazine rings is 1. The number of hydrogen-bond acceptors (Lipinski definition) is 5. The Morgan fingerprint density at radius 3 is 2.56 bits per heavy atom. The van der Waals surface area contributed by atoms with Gasteiger partial charge >= 0.3 is 0 Å². The molecule has 2 aromatic carbocycles. The van der Waals surface area contributed by atoms with Crippen molar-refractivity contribution in [3.8, 4) is 0 Å². The summed E-state index contributed by atoms with van der Waals surface area (Å²) in [6.45, 7) is 6.24. The molecule has 142 valence electrons. The first-order valence-electron chi connectivity index (χ1n) is 9.06. The predicted molar refractivity (Wildman–Crippen MR) is 105 cm³/mol. The van der Waals surface area contributed by atoms with Crippen LogP contribution in [0.2, 0.25) is 0 Å². The van der Waals surface area contributed by atoms with Gasteiger partial charge in [0.1, 0.15) is 0 Å². The van der Waals surface area contributed by atoms with Crippen molar-refractivity contribution >= 4 is 17.3 Å². The van der Waals surface area contributed by atoms with E-state index in [1.165, 1.54) is 23.3 Å². The van der Waals surface area contributed by atoms with Crippen LogP contribution in [-0.4, -0.2) is 53.4 Å². The van der Waals surface area contributed by atoms with E-state index in [0.29, 0.717) is 18.8 Å². The maximum Gasteiger partial charge on any atom is 0.271 e. The molecule has 1 aliphatic rings. The van der Waals surface area contributed by atoms with E-state index in [1.54, 1.807) is 12.1 Å². The number of aryl methyl sites for hydroxylation is 1. The second kappa shape index (κ2) is 8.64. The maximum atomic E-state index is 12.4. The lowest BCUT2D eigenvalue weighted by atomic mass is 10.1. The van der Waals surface area contributed by atoms with Gasteiger partial charge in [0, 0.05) is 50.5 Å². The Morgan fingerprint density at radius 2 is 1.85 bits per heavy atom. The highest BCUT2D eigenvalue weighted by atomic mass is 16.6. The summed E-state index contributed by atoms with van der Waals surface area (Å²) in [5.41, 5.74) is 3.20. The second-order valence-electron chi connectivity index (χ2n) is 6.74. The van der Waals surface area contributed by atoms with E-state index in [9.17, 15) is 14.9 Å². The van der Waals surface area contributed by atoms with Crippen LogP contribution in [-0.2, 0) is 11.3 Å². The normalized spacial score (nSPS) is 14.8. The van der Waals surface area contributed by atoms with Crippen LogP contribution in [0.3, 0.4) is 0 Å². The van der Waals surface area contributed by atoms with Crippen LogP contribution >= 0.6 is 0 Å². The second-order valence-corrected chi connectivity index (χ2v) is 6.74. The summed E-state index contributed by atoms with van der Waals surface area (Å²) >= 11 is 0. The molecule has 0 unspecified atom stereocenters. The van der Waals surface area contributed by atoms with Gasteiger partial charge in [0.15, 0.2) is 0 Å². The van der Waals surface area contributed by atoms with E-state index < -0.39 is 4.92 Å². The minimum atomic E-state index is -0.444. The molecule has 1 heterocycles. The van der Waals surface area contributed by atoms with Crippen LogP contribution in [0.4, 0.5) is 11.4 Å². The molecule has 1 saturated heterocycles. The zero-order chi connectivity index (χ0) is 19.2. The molecule has 0 spiro atoms. The fourth-order valence-electron chi connectivity index (χ4n) is 3.20. The van der Waals surface area contributed by atoms with E-state index in [2.05, 4.69) is 35.3 Å². The summed E-state index contributed by atoms with van der Waals surface area (Å²) in [7, 11) is 0. The number of nitrogens with one attached hydrogen (secondary N) is 1. The van der Waals surface area contributed by atoms with Gasteiger partial charge in [-0.25, -0.2) is 0 Å². The summed E-state index contributed by atoms with van der Waals surface area (Å²) in [5, 5.41) is 13.8. The minimum absolute atomic E-state index is 0.0112. The van der Waals surface area contributed by atoms with Crippen molar-refractivity contribution in [2.45, 2.75) is 13.5 Å². The van der Waals surface area contributed by atoms with E-state index in [0.717, 1.165) is 19.6 Å². The molecule has 2 aromatic rings. The van der Waals surface area contributed by atoms with Crippen molar-refractivity contribution in [1.82, 2.24) is 9.80 Å². The molecular weight excluding hydrogens is 344 g/mol. The van der Waals surface area contributed by atoms with Gasteiger partial charge in [0.05, 0.1) is 11.5 Å². The summed E-state index contributed by atoms with van der Waals surface area (Å²) < 4.78 is 0. The highest BCUT2D eigenvalue weighted by Gasteiger charge is 2.21. The number of nitrogens with zero attached hydrogens (tertiary/aromatic N) is 3. The van der Waals surface area contributed by atoms with Crippen molar-refractivity contribution in [3.05, 3.63) is 69.8 Å². The Bertz CT molecular complexity index is 816. The van der Waals surface area contributed by atoms with Gasteiger partial charge in [-0.15, -0.1) is 0 Å². The van der Waals surface area contributed by atoms with Crippen LogP contribution < -0.4 is 5.32 Å². The SMILES string of the molecule is Cc1ccccc1CN1CCN(C(=O)CNc2cccc([N+](=O)[O-])c2)CC1. The standard InChI is InChI=1S/C20H24N4O3/c1-16-5-2-3-6-17(16)15-22-9-11-23(12-10-22)20(25)14-21-18-7-4-8-19(13-18)24(26)27/h2-8,13,21H,9-12,14-15H2,1H3. The molecule has 27 heavy (non-hydrogen) atoms. The number of nitro benzene ring substituents is 1. The van der Waals surface area contributed by atoms with E-state index in [-0.39, 0.29) is 18.1 Å². The van der Waals surface area contributed by atoms with Crippen LogP contribution in [0.25, 0.3) is 0 Å². The quantitative estimate of drug-likeness (QED) is 0.626. The van der Waals surface area contributed by atoms with E-state index >= 15 is 0 Å². The van der Waals surface area contributed by atoms with E-state index in [4.69, 9.17) is 0 Å². The highest BCUT2D eigenvalue weighted by molar-refractivity contribution is 5.81. The van der Waals surface area contributed by atoms with E-state index in [1.807, 2.05) is 11.0 Å². The molecule has 0 aromatic heterocycles. The molecular formula is C20H24N4O3. The molecule has 1 fully saturated rings. The van der Waals surface area contributed by atoms with Gasteiger partial charge in [-0.1, -0.05) is 30.3 Å². The van der Waals surface area contributed by atoms with Crippen molar-refractivity contribution in [3.63, 3.8) is 0 Å². The van der Waals surface area contributed by atoms with Crippen molar-refractivity contribution < 1.29 is 9.72 Å². The van der Waals surface area contributed by atoms with Gasteiger partial charge in [0.25, 0.3) is 5.69 Å². The monoisotopic (exact) mass is 368 g/mol. The van der Waals surface area contributed by atoms with Crippen molar-refractivity contribution in [1.29, 1.82) is 0 Å². The first-order chi connectivity index (χ1) is 13.0. The number of benzene rings is 2. The Balaban J connectivity index is 1.46. The summed E-state index contributed by atoms with van der Waals surface area (Å²) in [6.07, 6.45) is 0. The number of hydrogen-bond donors (Lipinski definition) is 1. The maximum absolute atomic E-state index is 12.4. The Kier molecular flexibility index (Phi) is 6.03. The van der Waals surface area contributed by atoms with Crippen molar-refractivity contribution in [2.75, 3.05) is 38.0 Å². The van der Waals surface area contributed by atoms with Gasteiger partial charge in [0.2, 0.25) is 5.91 Å². The molecule has 0 aliphatic carbocycles. The van der Waals surface area contributed by atoms with Crippen LogP contribution in [0, 0.1) is 17.0 Å². The highest BCUT2D eigenvalue weighted by Crippen LogP contribution is 2.17. The molecule has 1 amide bonds. The number of non-ortho nitro benzene ring substituents is 1. The molecule has 0 bridgehead atoms. The largest absolute Gasteiger partial charge is 0.376 e. The third-order valence-electron chi connectivity index (χ3n) is 4.88. The third kappa shape index (κ3) is 5.04. The average Bonchev–Trinajstić information content (AvgIpc) is 2.68. The predicted octanol–water partition coefficient (Wildman–Crippen LogP) is 2.66. The third-order valence-corrected chi connectivity index (χ3v) is 4.88. The summed E-state index contributed by atoms with van der Waals surface area (Å²) in [5.74, 6) is 0.0112. The van der Waals surface area contributed by atoms with Gasteiger partial charge in [-0.3, -0.25) is 19.8 Å². The average molecular weight is 368 g/mol. The van der Waals surface area contributed by atoms with Gasteiger partial charge in [-0.2, -0.15) is 0 Å².